The second-order valence-electron chi connectivity index (χ2n) is 3.83. The average Bonchev–Trinajstić information content (AvgIpc) is 2.28. The normalized spacial score (nSPS) is 12.5. The van der Waals surface area contributed by atoms with E-state index >= 15 is 0 Å². The van der Waals surface area contributed by atoms with Gasteiger partial charge in [-0.1, -0.05) is 30.1 Å². The van der Waals surface area contributed by atoms with Crippen LogP contribution in [0.3, 0.4) is 0 Å². The molecule has 2 nitrogen and oxygen atoms in total. The Morgan fingerprint density at radius 1 is 1.38 bits per heavy atom. The third-order valence-electron chi connectivity index (χ3n) is 2.48. The van der Waals surface area contributed by atoms with E-state index in [1.165, 1.54) is 0 Å². The Balaban J connectivity index is 2.34. The first-order valence-electron chi connectivity index (χ1n) is 5.54. The van der Waals surface area contributed by atoms with Crippen LogP contribution in [0.4, 0.5) is 0 Å². The quantitative estimate of drug-likeness (QED) is 0.784. The highest BCUT2D eigenvalue weighted by atomic mass is 35.5. The number of ether oxygens (including phenoxy) is 1. The molecule has 0 amide bonds. The summed E-state index contributed by atoms with van der Waals surface area (Å²) in [6.07, 6.45) is 1.16. The third kappa shape index (κ3) is 4.60. The molecule has 0 radical (unpaired) electrons. The van der Waals surface area contributed by atoms with Gasteiger partial charge < -0.3 is 10.1 Å². The van der Waals surface area contributed by atoms with Crippen molar-refractivity contribution in [2.45, 2.75) is 26.3 Å². The highest BCUT2D eigenvalue weighted by Crippen LogP contribution is 2.27. The standard InChI is InChI=1S/C12H17Cl2NO/c1-3-9(2)15-6-7-16-12-8-10(13)4-5-11(12)14/h4-5,8-9,15H,3,6-7H2,1-2H3/p+1/t9-/m1/s1. The lowest BCUT2D eigenvalue weighted by Crippen LogP contribution is -2.90. The van der Waals surface area contributed by atoms with Crippen LogP contribution in [-0.4, -0.2) is 19.2 Å². The molecule has 4 heteroatoms. The van der Waals surface area contributed by atoms with Gasteiger partial charge in [-0.05, 0) is 25.5 Å². The summed E-state index contributed by atoms with van der Waals surface area (Å²) in [6, 6.07) is 5.88. The minimum atomic E-state index is 0.605. The van der Waals surface area contributed by atoms with Crippen molar-refractivity contribution in [3.8, 4) is 5.75 Å². The number of rotatable bonds is 6. The van der Waals surface area contributed by atoms with E-state index in [9.17, 15) is 0 Å². The molecule has 0 saturated heterocycles. The maximum atomic E-state index is 5.97. The monoisotopic (exact) mass is 262 g/mol. The molecule has 1 aromatic rings. The molecule has 0 fully saturated rings. The molecule has 0 heterocycles. The molecule has 2 N–H and O–H groups in total. The number of hydrogen-bond donors (Lipinski definition) is 1. The van der Waals surface area contributed by atoms with Crippen LogP contribution in [0.25, 0.3) is 0 Å². The molecule has 0 aliphatic heterocycles. The van der Waals surface area contributed by atoms with E-state index in [-0.39, 0.29) is 0 Å². The van der Waals surface area contributed by atoms with Gasteiger partial charge in [0.15, 0.2) is 0 Å². The minimum absolute atomic E-state index is 0.605. The number of quaternary nitrogens is 1. The minimum Gasteiger partial charge on any atom is -0.486 e. The Bertz CT molecular complexity index is 331. The van der Waals surface area contributed by atoms with E-state index in [1.807, 2.05) is 0 Å². The second-order valence-corrected chi connectivity index (χ2v) is 4.68. The first-order chi connectivity index (χ1) is 7.63. The lowest BCUT2D eigenvalue weighted by molar-refractivity contribution is -0.686. The molecule has 1 aromatic carbocycles. The Labute approximate surface area is 107 Å². The largest absolute Gasteiger partial charge is 0.486 e. The molecule has 16 heavy (non-hydrogen) atoms. The van der Waals surface area contributed by atoms with E-state index in [0.29, 0.717) is 28.4 Å². The maximum Gasteiger partial charge on any atom is 0.139 e. The maximum absolute atomic E-state index is 5.97. The average molecular weight is 263 g/mol. The Kier molecular flexibility index (Phi) is 5.96. The van der Waals surface area contributed by atoms with Crippen molar-refractivity contribution in [2.75, 3.05) is 13.2 Å². The van der Waals surface area contributed by atoms with Crippen LogP contribution < -0.4 is 10.1 Å². The molecule has 0 aliphatic rings. The second kappa shape index (κ2) is 7.00. The van der Waals surface area contributed by atoms with Crippen LogP contribution in [0, 0.1) is 0 Å². The summed E-state index contributed by atoms with van der Waals surface area (Å²) < 4.78 is 5.56. The molecule has 0 aromatic heterocycles. The number of halogens is 2. The summed E-state index contributed by atoms with van der Waals surface area (Å²) in [5, 5.41) is 3.51. The SMILES string of the molecule is CC[C@@H](C)[NH2+]CCOc1cc(Cl)ccc1Cl. The van der Waals surface area contributed by atoms with E-state index in [4.69, 9.17) is 27.9 Å². The number of hydrogen-bond acceptors (Lipinski definition) is 1. The van der Waals surface area contributed by atoms with Gasteiger partial charge in [-0.2, -0.15) is 0 Å². The molecule has 0 aliphatic carbocycles. The van der Waals surface area contributed by atoms with E-state index < -0.39 is 0 Å². The predicted molar refractivity (Wildman–Crippen MR) is 68.5 cm³/mol. The summed E-state index contributed by atoms with van der Waals surface area (Å²) in [4.78, 5) is 0. The summed E-state index contributed by atoms with van der Waals surface area (Å²) in [5.74, 6) is 0.659. The van der Waals surface area contributed by atoms with E-state index in [2.05, 4.69) is 19.2 Å². The smallest absolute Gasteiger partial charge is 0.139 e. The van der Waals surface area contributed by atoms with Gasteiger partial charge in [0, 0.05) is 11.1 Å². The lowest BCUT2D eigenvalue weighted by atomic mass is 10.3. The van der Waals surface area contributed by atoms with Crippen molar-refractivity contribution in [1.82, 2.24) is 0 Å². The molecule has 0 bridgehead atoms. The van der Waals surface area contributed by atoms with E-state index in [1.54, 1.807) is 18.2 Å². The van der Waals surface area contributed by atoms with Crippen molar-refractivity contribution in [3.63, 3.8) is 0 Å². The third-order valence-corrected chi connectivity index (χ3v) is 3.03. The van der Waals surface area contributed by atoms with Crippen molar-refractivity contribution in [3.05, 3.63) is 28.2 Å². The molecule has 1 atom stereocenters. The van der Waals surface area contributed by atoms with Crippen molar-refractivity contribution in [2.24, 2.45) is 0 Å². The fourth-order valence-electron chi connectivity index (χ4n) is 1.28. The van der Waals surface area contributed by atoms with Crippen LogP contribution in [-0.2, 0) is 0 Å². The van der Waals surface area contributed by atoms with Gasteiger partial charge in [0.25, 0.3) is 0 Å². The molecular weight excluding hydrogens is 245 g/mol. The molecule has 0 unspecified atom stereocenters. The number of nitrogens with two attached hydrogens (primary N) is 1. The fraction of sp³-hybridized carbons (Fsp3) is 0.500. The molecule has 1 rings (SSSR count). The van der Waals surface area contributed by atoms with Gasteiger partial charge in [0.1, 0.15) is 18.9 Å². The highest BCUT2D eigenvalue weighted by molar-refractivity contribution is 6.34. The van der Waals surface area contributed by atoms with Gasteiger partial charge in [-0.25, -0.2) is 0 Å². The van der Waals surface area contributed by atoms with Gasteiger partial charge in [0.2, 0.25) is 0 Å². The molecular formula is C12H18Cl2NO+. The zero-order chi connectivity index (χ0) is 12.0. The van der Waals surface area contributed by atoms with Gasteiger partial charge >= 0.3 is 0 Å². The van der Waals surface area contributed by atoms with Crippen molar-refractivity contribution in [1.29, 1.82) is 0 Å². The Hall–Kier alpha value is -0.440. The Morgan fingerprint density at radius 2 is 2.12 bits per heavy atom. The van der Waals surface area contributed by atoms with Gasteiger partial charge in [0.05, 0.1) is 11.1 Å². The summed E-state index contributed by atoms with van der Waals surface area (Å²) >= 11 is 11.8. The van der Waals surface area contributed by atoms with Crippen molar-refractivity contribution >= 4 is 23.2 Å². The molecule has 90 valence electrons. The summed E-state index contributed by atoms with van der Waals surface area (Å²) in [6.45, 7) is 5.95. The highest BCUT2D eigenvalue weighted by Gasteiger charge is 2.04. The zero-order valence-electron chi connectivity index (χ0n) is 9.67. The fourth-order valence-corrected chi connectivity index (χ4v) is 1.61. The van der Waals surface area contributed by atoms with Gasteiger partial charge in [-0.15, -0.1) is 0 Å². The summed E-state index contributed by atoms with van der Waals surface area (Å²) in [7, 11) is 0. The Morgan fingerprint density at radius 3 is 2.81 bits per heavy atom. The lowest BCUT2D eigenvalue weighted by Gasteiger charge is -2.10. The summed E-state index contributed by atoms with van der Waals surface area (Å²) in [5.41, 5.74) is 0. The van der Waals surface area contributed by atoms with Crippen LogP contribution >= 0.6 is 23.2 Å². The molecule has 0 spiro atoms. The van der Waals surface area contributed by atoms with E-state index in [0.717, 1.165) is 13.0 Å². The van der Waals surface area contributed by atoms with Crippen molar-refractivity contribution < 1.29 is 10.1 Å². The van der Waals surface area contributed by atoms with Crippen LogP contribution in [0.2, 0.25) is 10.0 Å². The van der Waals surface area contributed by atoms with Gasteiger partial charge in [-0.3, -0.25) is 0 Å². The molecule has 0 saturated carbocycles. The zero-order valence-corrected chi connectivity index (χ0v) is 11.2. The van der Waals surface area contributed by atoms with Crippen LogP contribution in [0.5, 0.6) is 5.75 Å². The first-order valence-corrected chi connectivity index (χ1v) is 6.30. The predicted octanol–water partition coefficient (Wildman–Crippen LogP) is 2.73. The number of benzene rings is 1. The van der Waals surface area contributed by atoms with Crippen LogP contribution in [0.1, 0.15) is 20.3 Å². The topological polar surface area (TPSA) is 25.8 Å². The van der Waals surface area contributed by atoms with Crippen LogP contribution in [0.15, 0.2) is 18.2 Å². The first kappa shape index (κ1) is 13.6.